The number of aromatic nitrogens is 4. The first-order chi connectivity index (χ1) is 18.5. The quantitative estimate of drug-likeness (QED) is 0.228. The fourth-order valence-corrected chi connectivity index (χ4v) is 6.36. The van der Waals surface area contributed by atoms with E-state index in [4.69, 9.17) is 0 Å². The van der Waals surface area contributed by atoms with Crippen molar-refractivity contribution in [2.45, 2.75) is 15.5 Å². The van der Waals surface area contributed by atoms with Gasteiger partial charge in [0.15, 0.2) is 9.50 Å². The summed E-state index contributed by atoms with van der Waals surface area (Å²) in [5.74, 6) is 0.287. The van der Waals surface area contributed by atoms with Crippen molar-refractivity contribution >= 4 is 62.6 Å². The Morgan fingerprint density at radius 3 is 2.26 bits per heavy atom. The van der Waals surface area contributed by atoms with E-state index in [2.05, 4.69) is 25.8 Å². The lowest BCUT2D eigenvalue weighted by Gasteiger charge is -2.19. The molecule has 2 aromatic heterocycles. The van der Waals surface area contributed by atoms with Crippen molar-refractivity contribution in [2.75, 3.05) is 16.8 Å². The van der Waals surface area contributed by atoms with Gasteiger partial charge in [-0.2, -0.15) is 0 Å². The molecule has 5 rings (SSSR count). The number of hydrogen-bond acceptors (Lipinski definition) is 8. The van der Waals surface area contributed by atoms with Gasteiger partial charge >= 0.3 is 0 Å². The zero-order valence-electron chi connectivity index (χ0n) is 20.4. The van der Waals surface area contributed by atoms with Crippen LogP contribution in [0.2, 0.25) is 0 Å². The second-order valence-corrected chi connectivity index (χ2v) is 11.5. The molecule has 11 heteroatoms. The lowest BCUT2D eigenvalue weighted by atomic mass is 9.99. The first-order valence-electron chi connectivity index (χ1n) is 11.7. The van der Waals surface area contributed by atoms with Crippen LogP contribution in [0.5, 0.6) is 0 Å². The van der Waals surface area contributed by atoms with Gasteiger partial charge < -0.3 is 15.2 Å². The predicted octanol–water partition coefficient (Wildman–Crippen LogP) is 5.15. The summed E-state index contributed by atoms with van der Waals surface area (Å²) in [7, 11) is 1.84. The maximum atomic E-state index is 12.9. The van der Waals surface area contributed by atoms with Gasteiger partial charge in [-0.05, 0) is 29.3 Å². The van der Waals surface area contributed by atoms with E-state index in [0.717, 1.165) is 25.7 Å². The Labute approximate surface area is 232 Å². The molecule has 5 aromatic rings. The minimum atomic E-state index is -0.223. The average Bonchev–Trinajstić information content (AvgIpc) is 3.55. The highest BCUT2D eigenvalue weighted by atomic mass is 32.2. The third-order valence-electron chi connectivity index (χ3n) is 5.55. The average molecular weight is 561 g/mol. The number of carbonyl (C=O) groups is 2. The van der Waals surface area contributed by atoms with Gasteiger partial charge in [0.1, 0.15) is 6.33 Å². The molecule has 0 fully saturated rings. The largest absolute Gasteiger partial charge is 0.344 e. The van der Waals surface area contributed by atoms with Gasteiger partial charge in [0.25, 0.3) is 0 Å². The van der Waals surface area contributed by atoms with E-state index in [1.165, 1.54) is 34.9 Å². The van der Waals surface area contributed by atoms with Crippen molar-refractivity contribution < 1.29 is 9.59 Å². The predicted molar refractivity (Wildman–Crippen MR) is 154 cm³/mol. The van der Waals surface area contributed by atoms with E-state index in [1.807, 2.05) is 85.9 Å². The Morgan fingerprint density at radius 1 is 0.921 bits per heavy atom. The van der Waals surface area contributed by atoms with Crippen LogP contribution < -0.4 is 10.6 Å². The number of thioether (sulfide) groups is 2. The van der Waals surface area contributed by atoms with E-state index >= 15 is 0 Å². The molecule has 8 nitrogen and oxygen atoms in total. The van der Waals surface area contributed by atoms with Crippen LogP contribution in [0.1, 0.15) is 17.2 Å². The summed E-state index contributed by atoms with van der Waals surface area (Å²) in [4.78, 5) is 29.9. The van der Waals surface area contributed by atoms with Crippen LogP contribution in [0.4, 0.5) is 5.69 Å². The maximum absolute atomic E-state index is 12.9. The first kappa shape index (κ1) is 26.0. The summed E-state index contributed by atoms with van der Waals surface area (Å²) in [6, 6.07) is 25.3. The number of thiazole rings is 1. The summed E-state index contributed by atoms with van der Waals surface area (Å²) >= 11 is 4.23. The highest BCUT2D eigenvalue weighted by Gasteiger charge is 2.17. The summed E-state index contributed by atoms with van der Waals surface area (Å²) in [6.07, 6.45) is 1.60. The number of hydrogen-bond donors (Lipinski definition) is 2. The molecule has 0 saturated carbocycles. The normalized spacial score (nSPS) is 11.1. The molecule has 0 aliphatic heterocycles. The Kier molecular flexibility index (Phi) is 8.37. The van der Waals surface area contributed by atoms with Crippen LogP contribution in [-0.4, -0.2) is 43.1 Å². The maximum Gasteiger partial charge on any atom is 0.234 e. The smallest absolute Gasteiger partial charge is 0.234 e. The molecule has 2 heterocycles. The lowest BCUT2D eigenvalue weighted by Crippen LogP contribution is -2.30. The zero-order chi connectivity index (χ0) is 26.3. The number of anilines is 1. The molecule has 0 aliphatic carbocycles. The van der Waals surface area contributed by atoms with Crippen LogP contribution in [0.25, 0.3) is 10.2 Å². The van der Waals surface area contributed by atoms with Gasteiger partial charge in [-0.25, -0.2) is 4.98 Å². The molecule has 0 spiro atoms. The van der Waals surface area contributed by atoms with E-state index in [9.17, 15) is 9.59 Å². The van der Waals surface area contributed by atoms with Crippen molar-refractivity contribution in [3.8, 4) is 0 Å². The number of amides is 2. The minimum absolute atomic E-state index is 0.0691. The third kappa shape index (κ3) is 6.60. The van der Waals surface area contributed by atoms with Crippen LogP contribution in [0.3, 0.4) is 0 Å². The zero-order valence-corrected chi connectivity index (χ0v) is 22.9. The van der Waals surface area contributed by atoms with Gasteiger partial charge in [-0.3, -0.25) is 9.59 Å². The van der Waals surface area contributed by atoms with E-state index in [1.54, 1.807) is 10.9 Å². The lowest BCUT2D eigenvalue weighted by molar-refractivity contribution is -0.119. The number of benzene rings is 3. The summed E-state index contributed by atoms with van der Waals surface area (Å²) < 4.78 is 3.51. The van der Waals surface area contributed by atoms with Crippen LogP contribution >= 0.6 is 34.9 Å². The number of aryl methyl sites for hydroxylation is 1. The molecule has 0 atom stereocenters. The van der Waals surface area contributed by atoms with Crippen molar-refractivity contribution in [2.24, 2.45) is 7.05 Å². The number of carbonyl (C=O) groups excluding carboxylic acids is 2. The molecule has 0 saturated heterocycles. The second-order valence-electron chi connectivity index (χ2n) is 8.33. The van der Waals surface area contributed by atoms with Crippen molar-refractivity contribution in [3.63, 3.8) is 0 Å². The van der Waals surface area contributed by atoms with Crippen molar-refractivity contribution in [1.82, 2.24) is 25.1 Å². The van der Waals surface area contributed by atoms with Gasteiger partial charge in [-0.15, -0.1) is 21.5 Å². The molecule has 3 aromatic carbocycles. The van der Waals surface area contributed by atoms with Crippen molar-refractivity contribution in [1.29, 1.82) is 0 Å². The fraction of sp³-hybridized carbons (Fsp3) is 0.148. The Hall–Kier alpha value is -3.67. The molecule has 0 bridgehead atoms. The minimum Gasteiger partial charge on any atom is -0.344 e. The van der Waals surface area contributed by atoms with E-state index in [0.29, 0.717) is 10.8 Å². The van der Waals surface area contributed by atoms with Gasteiger partial charge in [0.05, 0.1) is 27.8 Å². The number of rotatable bonds is 10. The Morgan fingerprint density at radius 2 is 1.61 bits per heavy atom. The van der Waals surface area contributed by atoms with E-state index in [-0.39, 0.29) is 29.4 Å². The monoisotopic (exact) mass is 560 g/mol. The second kappa shape index (κ2) is 12.2. The Balaban J connectivity index is 1.19. The topological polar surface area (TPSA) is 102 Å². The molecule has 0 aliphatic rings. The number of nitrogens with one attached hydrogen (secondary N) is 2. The SMILES string of the molecule is Cn1cnnc1SCC(=O)Nc1ccc2nc(SCC(=O)NC(c3ccccc3)c3ccccc3)sc2c1. The van der Waals surface area contributed by atoms with Gasteiger partial charge in [0.2, 0.25) is 11.8 Å². The highest BCUT2D eigenvalue weighted by Crippen LogP contribution is 2.31. The molecule has 2 amide bonds. The van der Waals surface area contributed by atoms with Crippen molar-refractivity contribution in [3.05, 3.63) is 96.3 Å². The molecular weight excluding hydrogens is 537 g/mol. The number of fused-ring (bicyclic) bond motifs is 1. The standard InChI is InChI=1S/C27H24N6O2S3/c1-33-17-28-32-26(33)36-15-23(34)29-20-12-13-21-22(14-20)38-27(30-21)37-16-24(35)31-25(18-8-4-2-5-9-18)19-10-6-3-7-11-19/h2-14,17,25H,15-16H2,1H3,(H,29,34)(H,31,35). The van der Waals surface area contributed by atoms with Crippen LogP contribution in [0, 0.1) is 0 Å². The Bertz CT molecular complexity index is 1500. The molecule has 38 heavy (non-hydrogen) atoms. The highest BCUT2D eigenvalue weighted by molar-refractivity contribution is 8.01. The molecule has 0 unspecified atom stereocenters. The van der Waals surface area contributed by atoms with Crippen LogP contribution in [0.15, 0.2) is 94.7 Å². The molecule has 192 valence electrons. The summed E-state index contributed by atoms with van der Waals surface area (Å²) in [6.45, 7) is 0. The fourth-order valence-electron chi connectivity index (χ4n) is 3.75. The third-order valence-corrected chi connectivity index (χ3v) is 8.75. The van der Waals surface area contributed by atoms with Gasteiger partial charge in [-0.1, -0.05) is 84.2 Å². The van der Waals surface area contributed by atoms with E-state index < -0.39 is 0 Å². The van der Waals surface area contributed by atoms with Crippen LogP contribution in [-0.2, 0) is 16.6 Å². The summed E-state index contributed by atoms with van der Waals surface area (Å²) in [5.41, 5.74) is 3.59. The molecule has 0 radical (unpaired) electrons. The molecular formula is C27H24N6O2S3. The molecule has 2 N–H and O–H groups in total. The first-order valence-corrected chi connectivity index (χ1v) is 14.5. The number of nitrogens with zero attached hydrogens (tertiary/aromatic N) is 4. The van der Waals surface area contributed by atoms with Gasteiger partial charge in [0, 0.05) is 12.7 Å². The summed E-state index contributed by atoms with van der Waals surface area (Å²) in [5, 5.41) is 14.6.